The lowest BCUT2D eigenvalue weighted by atomic mass is 10.0. The number of nitrogens with zero attached hydrogens (tertiary/aromatic N) is 2. The third-order valence-corrected chi connectivity index (χ3v) is 6.10. The van der Waals surface area contributed by atoms with Crippen molar-refractivity contribution < 1.29 is 23.5 Å². The molecule has 0 saturated heterocycles. The number of amides is 3. The van der Waals surface area contributed by atoms with Gasteiger partial charge in [-0.2, -0.15) is 0 Å². The molecule has 34 heavy (non-hydrogen) atoms. The number of likely N-dealkylation sites (N-methyl/N-ethyl adjacent to an activating group) is 2. The van der Waals surface area contributed by atoms with Crippen molar-refractivity contribution in [2.24, 2.45) is 5.92 Å². The molecule has 3 amide bonds. The maximum absolute atomic E-state index is 13.4. The number of urea groups is 1. The van der Waals surface area contributed by atoms with E-state index in [1.54, 1.807) is 43.3 Å². The van der Waals surface area contributed by atoms with Crippen molar-refractivity contribution in [3.8, 4) is 5.75 Å². The molecule has 9 heteroatoms. The first-order valence-corrected chi connectivity index (χ1v) is 11.3. The van der Waals surface area contributed by atoms with Crippen LogP contribution < -0.4 is 15.4 Å². The number of ether oxygens (including phenoxy) is 2. The molecular formula is C25H33FN4O4. The van der Waals surface area contributed by atoms with E-state index in [1.165, 1.54) is 18.2 Å². The summed E-state index contributed by atoms with van der Waals surface area (Å²) in [7, 11) is 5.44. The molecule has 0 radical (unpaired) electrons. The van der Waals surface area contributed by atoms with Crippen molar-refractivity contribution >= 4 is 23.3 Å². The van der Waals surface area contributed by atoms with E-state index in [1.807, 2.05) is 7.05 Å². The van der Waals surface area contributed by atoms with Gasteiger partial charge in [-0.05, 0) is 50.2 Å². The molecule has 1 aliphatic heterocycles. The number of nitrogens with one attached hydrogen (secondary N) is 2. The van der Waals surface area contributed by atoms with Gasteiger partial charge in [0.25, 0.3) is 5.91 Å². The van der Waals surface area contributed by atoms with E-state index in [4.69, 9.17) is 9.47 Å². The van der Waals surface area contributed by atoms with Gasteiger partial charge >= 0.3 is 6.03 Å². The number of carbonyl (C=O) groups excluding carboxylic acids is 2. The number of methoxy groups -OCH3 is 1. The van der Waals surface area contributed by atoms with Crippen molar-refractivity contribution in [1.82, 2.24) is 9.80 Å². The first kappa shape index (κ1) is 25.5. The maximum atomic E-state index is 13.4. The van der Waals surface area contributed by atoms with Crippen LogP contribution in [0.2, 0.25) is 0 Å². The smallest absolute Gasteiger partial charge is 0.323 e. The lowest BCUT2D eigenvalue weighted by molar-refractivity contribution is 0.0150. The third-order valence-electron chi connectivity index (χ3n) is 6.10. The second-order valence-electron chi connectivity index (χ2n) is 8.84. The predicted octanol–water partition coefficient (Wildman–Crippen LogP) is 3.91. The molecule has 0 fully saturated rings. The average Bonchev–Trinajstić information content (AvgIpc) is 2.79. The molecular weight excluding hydrogens is 439 g/mol. The number of anilines is 2. The quantitative estimate of drug-likeness (QED) is 0.708. The van der Waals surface area contributed by atoms with Crippen molar-refractivity contribution in [3.63, 3.8) is 0 Å². The maximum Gasteiger partial charge on any atom is 0.323 e. The van der Waals surface area contributed by atoms with Gasteiger partial charge in [0, 0.05) is 50.7 Å². The second-order valence-corrected chi connectivity index (χ2v) is 8.84. The fourth-order valence-electron chi connectivity index (χ4n) is 3.89. The predicted molar refractivity (Wildman–Crippen MR) is 130 cm³/mol. The van der Waals surface area contributed by atoms with E-state index in [2.05, 4.69) is 29.4 Å². The van der Waals surface area contributed by atoms with Crippen LogP contribution in [-0.2, 0) is 4.74 Å². The number of carbonyl (C=O) groups is 2. The summed E-state index contributed by atoms with van der Waals surface area (Å²) in [5, 5.41) is 5.29. The Morgan fingerprint density at radius 2 is 1.79 bits per heavy atom. The van der Waals surface area contributed by atoms with Crippen LogP contribution >= 0.6 is 0 Å². The van der Waals surface area contributed by atoms with Gasteiger partial charge in [-0.25, -0.2) is 9.18 Å². The first-order chi connectivity index (χ1) is 16.2. The highest BCUT2D eigenvalue weighted by atomic mass is 19.1. The number of rotatable bonds is 3. The molecule has 1 heterocycles. The van der Waals surface area contributed by atoms with Crippen LogP contribution in [-0.4, -0.2) is 74.8 Å². The molecule has 0 saturated carbocycles. The summed E-state index contributed by atoms with van der Waals surface area (Å²) in [5.41, 5.74) is 1.17. The molecule has 3 atom stereocenters. The molecule has 3 rings (SSSR count). The van der Waals surface area contributed by atoms with E-state index in [9.17, 15) is 14.0 Å². The summed E-state index contributed by atoms with van der Waals surface area (Å²) >= 11 is 0. The highest BCUT2D eigenvalue weighted by Crippen LogP contribution is 2.27. The minimum absolute atomic E-state index is 0.0907. The number of hydrogen-bond acceptors (Lipinski definition) is 5. The molecule has 8 nitrogen and oxygen atoms in total. The Hall–Kier alpha value is -3.17. The molecule has 0 aliphatic carbocycles. The molecule has 184 valence electrons. The van der Waals surface area contributed by atoms with E-state index >= 15 is 0 Å². The summed E-state index contributed by atoms with van der Waals surface area (Å²) in [6, 6.07) is 10.1. The highest BCUT2D eigenvalue weighted by Gasteiger charge is 2.27. The topological polar surface area (TPSA) is 83.1 Å². The van der Waals surface area contributed by atoms with E-state index < -0.39 is 11.8 Å². The Kier molecular flexibility index (Phi) is 8.46. The van der Waals surface area contributed by atoms with Gasteiger partial charge in [-0.15, -0.1) is 0 Å². The Bertz CT molecular complexity index is 1020. The third kappa shape index (κ3) is 6.45. The van der Waals surface area contributed by atoms with Crippen LogP contribution in [0.15, 0.2) is 42.5 Å². The summed E-state index contributed by atoms with van der Waals surface area (Å²) in [4.78, 5) is 29.4. The number of hydrogen-bond donors (Lipinski definition) is 2. The molecule has 2 N–H and O–H groups in total. The standard InChI is InChI=1S/C25H33FN4O4/c1-16-13-29(3)17(2)15-34-22-12-20(28-25(32)27-19-8-6-7-18(26)11-19)9-10-21(22)24(31)30(4)14-23(16)33-5/h6-12,16-17,23H,13-15H2,1-5H3,(H2,27,28,32)/t16-,17-,23+/m1/s1. The molecule has 1 aliphatic rings. The lowest BCUT2D eigenvalue weighted by Crippen LogP contribution is -2.45. The Morgan fingerprint density at radius 1 is 1.09 bits per heavy atom. The van der Waals surface area contributed by atoms with Gasteiger partial charge in [0.2, 0.25) is 0 Å². The second kappa shape index (κ2) is 11.3. The van der Waals surface area contributed by atoms with Crippen molar-refractivity contribution in [3.05, 3.63) is 53.8 Å². The molecule has 2 aromatic carbocycles. The Morgan fingerprint density at radius 3 is 2.47 bits per heavy atom. The normalized spacial score (nSPS) is 22.1. The molecule has 2 aromatic rings. The van der Waals surface area contributed by atoms with Gasteiger partial charge in [0.15, 0.2) is 0 Å². The van der Waals surface area contributed by atoms with Crippen molar-refractivity contribution in [2.45, 2.75) is 26.0 Å². The van der Waals surface area contributed by atoms with E-state index in [0.717, 1.165) is 6.54 Å². The van der Waals surface area contributed by atoms with Crippen molar-refractivity contribution in [2.75, 3.05) is 51.5 Å². The summed E-state index contributed by atoms with van der Waals surface area (Å²) in [6.45, 7) is 5.77. The number of halogens is 1. The zero-order chi connectivity index (χ0) is 24.8. The molecule has 0 spiro atoms. The Balaban J connectivity index is 1.83. The highest BCUT2D eigenvalue weighted by molar-refractivity contribution is 6.01. The summed E-state index contributed by atoms with van der Waals surface area (Å²) < 4.78 is 25.1. The Labute approximate surface area is 200 Å². The zero-order valence-electron chi connectivity index (χ0n) is 20.3. The summed E-state index contributed by atoms with van der Waals surface area (Å²) in [5.74, 6) is -0.0440. The zero-order valence-corrected chi connectivity index (χ0v) is 20.3. The van der Waals surface area contributed by atoms with Gasteiger partial charge < -0.3 is 25.0 Å². The van der Waals surface area contributed by atoms with Crippen molar-refractivity contribution in [1.29, 1.82) is 0 Å². The van der Waals surface area contributed by atoms with E-state index in [0.29, 0.717) is 35.8 Å². The van der Waals surface area contributed by atoms with Crippen LogP contribution in [0.5, 0.6) is 5.75 Å². The monoisotopic (exact) mass is 472 g/mol. The lowest BCUT2D eigenvalue weighted by Gasteiger charge is -2.34. The fourth-order valence-corrected chi connectivity index (χ4v) is 3.89. The van der Waals surface area contributed by atoms with Gasteiger partial charge in [0.05, 0.1) is 11.7 Å². The van der Waals surface area contributed by atoms with Gasteiger partial charge in [-0.1, -0.05) is 13.0 Å². The SMILES string of the molecule is CO[C@H]1CN(C)C(=O)c2ccc(NC(=O)Nc3cccc(F)c3)cc2OC[C@@H](C)N(C)C[C@H]1C. The fraction of sp³-hybridized carbons (Fsp3) is 0.440. The minimum atomic E-state index is -0.535. The molecule has 0 bridgehead atoms. The first-order valence-electron chi connectivity index (χ1n) is 11.3. The van der Waals surface area contributed by atoms with Crippen LogP contribution in [0.1, 0.15) is 24.2 Å². The molecule has 0 unspecified atom stereocenters. The van der Waals surface area contributed by atoms with Gasteiger partial charge in [0.1, 0.15) is 18.2 Å². The largest absolute Gasteiger partial charge is 0.491 e. The average molecular weight is 473 g/mol. The van der Waals surface area contributed by atoms with Gasteiger partial charge in [-0.3, -0.25) is 9.69 Å². The number of benzene rings is 2. The molecule has 0 aromatic heterocycles. The van der Waals surface area contributed by atoms with Crippen LogP contribution in [0, 0.1) is 11.7 Å². The van der Waals surface area contributed by atoms with Crippen LogP contribution in [0.25, 0.3) is 0 Å². The minimum Gasteiger partial charge on any atom is -0.491 e. The van der Waals surface area contributed by atoms with Crippen LogP contribution in [0.3, 0.4) is 0 Å². The van der Waals surface area contributed by atoms with Crippen LogP contribution in [0.4, 0.5) is 20.6 Å². The summed E-state index contributed by atoms with van der Waals surface area (Å²) in [6.07, 6.45) is -0.111. The van der Waals surface area contributed by atoms with E-state index in [-0.39, 0.29) is 24.0 Å². The number of fused-ring (bicyclic) bond motifs is 1.